The first-order valence-corrected chi connectivity index (χ1v) is 15.3. The lowest BCUT2D eigenvalue weighted by molar-refractivity contribution is 0.719. The summed E-state index contributed by atoms with van der Waals surface area (Å²) >= 11 is 26.1. The van der Waals surface area contributed by atoms with Crippen LogP contribution in [-0.2, 0) is 0 Å². The van der Waals surface area contributed by atoms with Gasteiger partial charge in [0.05, 0.1) is 31.5 Å². The minimum absolute atomic E-state index is 0.515. The van der Waals surface area contributed by atoms with Crippen LogP contribution in [0.4, 0.5) is 11.6 Å². The summed E-state index contributed by atoms with van der Waals surface area (Å²) in [5.74, 6) is 1.30. The zero-order chi connectivity index (χ0) is 29.8. The molecule has 2 aromatic carbocycles. The van der Waals surface area contributed by atoms with Gasteiger partial charge in [-0.15, -0.1) is 0 Å². The number of benzene rings is 2. The van der Waals surface area contributed by atoms with Gasteiger partial charge in [-0.05, 0) is 95.2 Å². The lowest BCUT2D eigenvalue weighted by atomic mass is 9.97. The van der Waals surface area contributed by atoms with Crippen LogP contribution in [0.15, 0.2) is 36.4 Å². The Morgan fingerprint density at radius 1 is 0.488 bits per heavy atom. The molecule has 0 unspecified atom stereocenters. The van der Waals surface area contributed by atoms with E-state index < -0.39 is 0 Å². The summed E-state index contributed by atoms with van der Waals surface area (Å²) in [6.45, 7) is 14.0. The van der Waals surface area contributed by atoms with Crippen LogP contribution in [0.1, 0.15) is 52.6 Å². The highest BCUT2D eigenvalue weighted by molar-refractivity contribution is 6.38. The second-order valence-electron chi connectivity index (χ2n) is 10.8. The van der Waals surface area contributed by atoms with E-state index >= 15 is 0 Å². The van der Waals surface area contributed by atoms with E-state index in [0.717, 1.165) is 77.1 Å². The van der Waals surface area contributed by atoms with Crippen molar-refractivity contribution in [2.75, 3.05) is 23.7 Å². The molecule has 0 aliphatic rings. The highest BCUT2D eigenvalue weighted by Gasteiger charge is 2.17. The van der Waals surface area contributed by atoms with Gasteiger partial charge in [0, 0.05) is 24.2 Å². The minimum Gasteiger partial charge on any atom is -0.369 e. The Bertz CT molecular complexity index is 1420. The van der Waals surface area contributed by atoms with Crippen LogP contribution in [0.3, 0.4) is 0 Å². The van der Waals surface area contributed by atoms with Crippen LogP contribution in [0, 0.1) is 41.5 Å². The predicted octanol–water partition coefficient (Wildman–Crippen LogP) is 11.0. The minimum atomic E-state index is 0.515. The molecule has 0 amide bonds. The summed E-state index contributed by atoms with van der Waals surface area (Å²) in [5, 5.41) is 8.92. The predicted molar refractivity (Wildman–Crippen MR) is 179 cm³/mol. The Hall–Kier alpha value is -2.50. The molecule has 216 valence electrons. The Morgan fingerprint density at radius 3 is 1.17 bits per heavy atom. The van der Waals surface area contributed by atoms with Gasteiger partial charge in [0.2, 0.25) is 0 Å². The maximum Gasteiger partial charge on any atom is 0.145 e. The molecule has 2 heterocycles. The van der Waals surface area contributed by atoms with Crippen LogP contribution in [-0.4, -0.2) is 23.1 Å². The van der Waals surface area contributed by atoms with Crippen molar-refractivity contribution in [2.24, 2.45) is 0 Å². The average Bonchev–Trinajstić information content (AvgIpc) is 2.86. The number of aromatic nitrogens is 2. The van der Waals surface area contributed by atoms with E-state index in [4.69, 9.17) is 56.4 Å². The number of nitrogens with one attached hydrogen (secondary N) is 2. The Balaban J connectivity index is 1.34. The number of hydrogen-bond acceptors (Lipinski definition) is 4. The standard InChI is InChI=1S/C33H36Cl4N4/c1-18-12-20(3)28(21(4)13-18)30-24(34)16-26(36)32(40-30)38-10-8-7-9-11-39-33-27(37)17-25(35)31(41-33)29-22(5)14-19(2)15-23(29)6/h12-17H,7-11H2,1-6H3,(H,38,40)(H,39,41). The van der Waals surface area contributed by atoms with Crippen LogP contribution in [0.5, 0.6) is 0 Å². The monoisotopic (exact) mass is 628 g/mol. The van der Waals surface area contributed by atoms with Crippen molar-refractivity contribution in [3.8, 4) is 22.5 Å². The fraction of sp³-hybridized carbons (Fsp3) is 0.333. The van der Waals surface area contributed by atoms with Gasteiger partial charge in [0.1, 0.15) is 11.6 Å². The fourth-order valence-corrected chi connectivity index (χ4v) is 6.52. The van der Waals surface area contributed by atoms with Crippen LogP contribution >= 0.6 is 46.4 Å². The van der Waals surface area contributed by atoms with Crippen molar-refractivity contribution in [1.82, 2.24) is 9.97 Å². The number of hydrogen-bond donors (Lipinski definition) is 2. The second-order valence-corrected chi connectivity index (χ2v) is 12.4. The molecule has 41 heavy (non-hydrogen) atoms. The molecule has 2 N–H and O–H groups in total. The summed E-state index contributed by atoms with van der Waals surface area (Å²) < 4.78 is 0. The van der Waals surface area contributed by atoms with Crippen molar-refractivity contribution in [2.45, 2.75) is 60.8 Å². The first-order valence-electron chi connectivity index (χ1n) is 13.8. The molecule has 4 nitrogen and oxygen atoms in total. The third kappa shape index (κ3) is 7.48. The Labute approximate surface area is 263 Å². The molecule has 0 spiro atoms. The molecule has 4 rings (SSSR count). The number of nitrogens with zero attached hydrogens (tertiary/aromatic N) is 2. The molecule has 2 aromatic heterocycles. The summed E-state index contributed by atoms with van der Waals surface area (Å²) in [5.41, 5.74) is 10.6. The van der Waals surface area contributed by atoms with Gasteiger partial charge in [0.25, 0.3) is 0 Å². The fourth-order valence-electron chi connectivity index (χ4n) is 5.48. The highest BCUT2D eigenvalue weighted by Crippen LogP contribution is 2.37. The number of rotatable bonds is 10. The first-order chi connectivity index (χ1) is 19.5. The smallest absolute Gasteiger partial charge is 0.145 e. The first kappa shape index (κ1) is 31.4. The van der Waals surface area contributed by atoms with E-state index in [0.29, 0.717) is 31.7 Å². The van der Waals surface area contributed by atoms with Gasteiger partial charge in [0.15, 0.2) is 0 Å². The Kier molecular flexibility index (Phi) is 10.5. The van der Waals surface area contributed by atoms with E-state index in [1.165, 1.54) is 11.1 Å². The van der Waals surface area contributed by atoms with Crippen LogP contribution in [0.2, 0.25) is 20.1 Å². The highest BCUT2D eigenvalue weighted by atomic mass is 35.5. The van der Waals surface area contributed by atoms with Gasteiger partial charge < -0.3 is 10.6 Å². The third-order valence-corrected chi connectivity index (χ3v) is 8.28. The van der Waals surface area contributed by atoms with E-state index in [-0.39, 0.29) is 0 Å². The normalized spacial score (nSPS) is 11.2. The molecular weight excluding hydrogens is 594 g/mol. The quantitative estimate of drug-likeness (QED) is 0.171. The largest absolute Gasteiger partial charge is 0.369 e. The molecule has 0 radical (unpaired) electrons. The van der Waals surface area contributed by atoms with Gasteiger partial charge in [-0.2, -0.15) is 0 Å². The molecule has 0 bridgehead atoms. The molecular formula is C33H36Cl4N4. The van der Waals surface area contributed by atoms with Crippen molar-refractivity contribution < 1.29 is 0 Å². The third-order valence-electron chi connectivity index (χ3n) is 7.13. The average molecular weight is 630 g/mol. The number of aryl methyl sites for hydroxylation is 6. The maximum atomic E-state index is 6.57. The van der Waals surface area contributed by atoms with Crippen LogP contribution in [0.25, 0.3) is 22.5 Å². The van der Waals surface area contributed by atoms with E-state index in [9.17, 15) is 0 Å². The topological polar surface area (TPSA) is 49.8 Å². The summed E-state index contributed by atoms with van der Waals surface area (Å²) in [4.78, 5) is 9.63. The lowest BCUT2D eigenvalue weighted by Crippen LogP contribution is -2.08. The van der Waals surface area contributed by atoms with E-state index in [1.807, 2.05) is 0 Å². The van der Waals surface area contributed by atoms with Crippen molar-refractivity contribution in [1.29, 1.82) is 0 Å². The number of halogens is 4. The van der Waals surface area contributed by atoms with E-state index in [2.05, 4.69) is 76.4 Å². The summed E-state index contributed by atoms with van der Waals surface area (Å²) in [6, 6.07) is 12.1. The molecule has 0 fully saturated rings. The van der Waals surface area contributed by atoms with Crippen molar-refractivity contribution in [3.63, 3.8) is 0 Å². The van der Waals surface area contributed by atoms with Gasteiger partial charge in [-0.1, -0.05) is 81.8 Å². The molecule has 0 saturated carbocycles. The molecule has 4 aromatic rings. The second kappa shape index (κ2) is 13.6. The number of unbranched alkanes of at least 4 members (excludes halogenated alkanes) is 2. The van der Waals surface area contributed by atoms with Crippen molar-refractivity contribution in [3.05, 3.63) is 89.9 Å². The Morgan fingerprint density at radius 2 is 0.829 bits per heavy atom. The van der Waals surface area contributed by atoms with Crippen LogP contribution < -0.4 is 10.6 Å². The maximum absolute atomic E-state index is 6.57. The SMILES string of the molecule is Cc1cc(C)c(-c2nc(NCCCCCNc3nc(-c4c(C)cc(C)cc4C)c(Cl)cc3Cl)c(Cl)cc2Cl)c(C)c1. The summed E-state index contributed by atoms with van der Waals surface area (Å²) in [7, 11) is 0. The molecule has 8 heteroatoms. The zero-order valence-corrected chi connectivity index (χ0v) is 27.4. The van der Waals surface area contributed by atoms with E-state index in [1.54, 1.807) is 12.1 Å². The number of anilines is 2. The molecule has 0 saturated heterocycles. The van der Waals surface area contributed by atoms with Crippen molar-refractivity contribution >= 4 is 58.0 Å². The number of pyridine rings is 2. The summed E-state index contributed by atoms with van der Waals surface area (Å²) in [6.07, 6.45) is 2.91. The zero-order valence-electron chi connectivity index (χ0n) is 24.4. The van der Waals surface area contributed by atoms with Gasteiger partial charge in [-0.3, -0.25) is 0 Å². The van der Waals surface area contributed by atoms with Gasteiger partial charge in [-0.25, -0.2) is 9.97 Å². The molecule has 0 aliphatic heterocycles. The lowest BCUT2D eigenvalue weighted by Gasteiger charge is -2.16. The molecule has 0 aliphatic carbocycles. The molecule has 0 atom stereocenters. The van der Waals surface area contributed by atoms with Gasteiger partial charge >= 0.3 is 0 Å².